The zero-order chi connectivity index (χ0) is 10.4. The Bertz CT molecular complexity index is 179. The third kappa shape index (κ3) is 4.65. The van der Waals surface area contributed by atoms with Crippen LogP contribution in [-0.4, -0.2) is 49.3 Å². The van der Waals surface area contributed by atoms with E-state index in [2.05, 4.69) is 4.74 Å². The van der Waals surface area contributed by atoms with Gasteiger partial charge in [-0.25, -0.2) is 4.79 Å². The fraction of sp³-hybridized carbons (Fsp3) is 0.667. The van der Waals surface area contributed by atoms with Gasteiger partial charge >= 0.3 is 5.97 Å². The molecule has 0 saturated heterocycles. The summed E-state index contributed by atoms with van der Waals surface area (Å²) in [5, 5.41) is 9.32. The van der Waals surface area contributed by atoms with Gasteiger partial charge in [0.25, 0.3) is 0 Å². The summed E-state index contributed by atoms with van der Waals surface area (Å²) in [4.78, 5) is 12.6. The Morgan fingerprint density at radius 3 is 2.38 bits per heavy atom. The van der Waals surface area contributed by atoms with Crippen LogP contribution in [0.5, 0.6) is 0 Å². The second-order valence-electron chi connectivity index (χ2n) is 3.08. The molecule has 1 N–H and O–H groups in total. The second kappa shape index (κ2) is 5.72. The molecular formula is C9H17NO3. The monoisotopic (exact) mass is 187 g/mol. The molecule has 0 amide bonds. The molecule has 0 saturated carbocycles. The number of aliphatic hydroxyl groups is 1. The molecule has 0 aliphatic rings. The molecule has 0 spiro atoms. The second-order valence-corrected chi connectivity index (χ2v) is 3.08. The quantitative estimate of drug-likeness (QED) is 0.498. The summed E-state index contributed by atoms with van der Waals surface area (Å²) in [7, 11) is 4.98. The lowest BCUT2D eigenvalue weighted by atomic mass is 10.1. The fourth-order valence-corrected chi connectivity index (χ4v) is 1.01. The molecule has 13 heavy (non-hydrogen) atoms. The lowest BCUT2D eigenvalue weighted by molar-refractivity contribution is -0.134. The average molecular weight is 187 g/mol. The van der Waals surface area contributed by atoms with Crippen molar-refractivity contribution in [3.8, 4) is 0 Å². The van der Waals surface area contributed by atoms with E-state index in [4.69, 9.17) is 0 Å². The van der Waals surface area contributed by atoms with Crippen LogP contribution in [-0.2, 0) is 9.53 Å². The molecule has 76 valence electrons. The Morgan fingerprint density at radius 1 is 1.54 bits per heavy atom. The predicted molar refractivity (Wildman–Crippen MR) is 50.3 cm³/mol. The topological polar surface area (TPSA) is 49.8 Å². The van der Waals surface area contributed by atoms with Gasteiger partial charge in [-0.3, -0.25) is 0 Å². The normalized spacial score (nSPS) is 16.2. The Kier molecular flexibility index (Phi) is 5.34. The number of ether oxygens (including phenoxy) is 1. The van der Waals surface area contributed by atoms with Crippen molar-refractivity contribution < 1.29 is 14.6 Å². The molecule has 0 aromatic heterocycles. The molecular weight excluding hydrogens is 170 g/mol. The van der Waals surface area contributed by atoms with Crippen molar-refractivity contribution in [1.29, 1.82) is 0 Å². The Balaban J connectivity index is 4.25. The third-order valence-electron chi connectivity index (χ3n) is 1.72. The van der Waals surface area contributed by atoms with Crippen LogP contribution in [0.3, 0.4) is 0 Å². The van der Waals surface area contributed by atoms with Crippen molar-refractivity contribution in [3.05, 3.63) is 12.2 Å². The summed E-state index contributed by atoms with van der Waals surface area (Å²) in [6, 6.07) is -0.168. The van der Waals surface area contributed by atoms with Crippen molar-refractivity contribution in [2.24, 2.45) is 0 Å². The summed E-state index contributed by atoms with van der Waals surface area (Å²) < 4.78 is 4.43. The van der Waals surface area contributed by atoms with Gasteiger partial charge in [0.2, 0.25) is 0 Å². The van der Waals surface area contributed by atoms with Gasteiger partial charge in [0, 0.05) is 6.08 Å². The van der Waals surface area contributed by atoms with E-state index in [0.29, 0.717) is 0 Å². The summed E-state index contributed by atoms with van der Waals surface area (Å²) in [6.45, 7) is 1.67. The van der Waals surface area contributed by atoms with Crippen molar-refractivity contribution in [2.75, 3.05) is 21.2 Å². The summed E-state index contributed by atoms with van der Waals surface area (Å²) in [5.74, 6) is -0.410. The lowest BCUT2D eigenvalue weighted by Gasteiger charge is -2.23. The summed E-state index contributed by atoms with van der Waals surface area (Å²) >= 11 is 0. The molecule has 0 heterocycles. The first-order valence-electron chi connectivity index (χ1n) is 4.09. The van der Waals surface area contributed by atoms with Crippen LogP contribution in [0, 0.1) is 0 Å². The van der Waals surface area contributed by atoms with Crippen LogP contribution in [0.2, 0.25) is 0 Å². The first-order valence-corrected chi connectivity index (χ1v) is 4.09. The zero-order valence-corrected chi connectivity index (χ0v) is 8.52. The number of hydrogen-bond acceptors (Lipinski definition) is 4. The first-order chi connectivity index (χ1) is 5.99. The molecule has 0 bridgehead atoms. The van der Waals surface area contributed by atoms with Gasteiger partial charge in [-0.1, -0.05) is 6.08 Å². The molecule has 4 nitrogen and oxygen atoms in total. The highest BCUT2D eigenvalue weighted by Gasteiger charge is 2.13. The highest BCUT2D eigenvalue weighted by atomic mass is 16.5. The molecule has 2 atom stereocenters. The number of carbonyl (C=O) groups is 1. The van der Waals surface area contributed by atoms with Crippen LogP contribution in [0.15, 0.2) is 12.2 Å². The maximum atomic E-state index is 10.8. The van der Waals surface area contributed by atoms with Gasteiger partial charge in [-0.2, -0.15) is 0 Å². The van der Waals surface area contributed by atoms with Crippen LogP contribution in [0.4, 0.5) is 0 Å². The Hall–Kier alpha value is -0.870. The predicted octanol–water partition coefficient (Wildman–Crippen LogP) is 0.0266. The SMILES string of the molecule is COC(=O)/C=C/[C@H]([C@H](C)O)N(C)C. The maximum absolute atomic E-state index is 10.8. The standard InChI is InChI=1S/C9H17NO3/c1-7(11)8(10(2)3)5-6-9(12)13-4/h5-8,11H,1-4H3/b6-5+/t7-,8+/m0/s1. The van der Waals surface area contributed by atoms with Crippen LogP contribution in [0.25, 0.3) is 0 Å². The van der Waals surface area contributed by atoms with E-state index < -0.39 is 12.1 Å². The summed E-state index contributed by atoms with van der Waals surface area (Å²) in [5.41, 5.74) is 0. The van der Waals surface area contributed by atoms with E-state index in [9.17, 15) is 9.90 Å². The molecule has 0 radical (unpaired) electrons. The Labute approximate surface area is 78.8 Å². The minimum absolute atomic E-state index is 0.168. The van der Waals surface area contributed by atoms with Gasteiger partial charge in [0.05, 0.1) is 19.3 Å². The number of esters is 1. The molecule has 0 aliphatic heterocycles. The number of methoxy groups -OCH3 is 1. The largest absolute Gasteiger partial charge is 0.466 e. The lowest BCUT2D eigenvalue weighted by Crippen LogP contribution is -2.35. The van der Waals surface area contributed by atoms with Gasteiger partial charge in [-0.15, -0.1) is 0 Å². The first kappa shape index (κ1) is 12.1. The molecule has 0 fully saturated rings. The molecule has 0 aliphatic carbocycles. The average Bonchev–Trinajstić information content (AvgIpc) is 2.03. The van der Waals surface area contributed by atoms with E-state index in [1.54, 1.807) is 13.0 Å². The number of hydrogen-bond donors (Lipinski definition) is 1. The minimum atomic E-state index is -0.518. The highest BCUT2D eigenvalue weighted by molar-refractivity contribution is 5.81. The van der Waals surface area contributed by atoms with Crippen molar-refractivity contribution in [1.82, 2.24) is 4.90 Å². The molecule has 4 heteroatoms. The van der Waals surface area contributed by atoms with Crippen molar-refractivity contribution >= 4 is 5.97 Å². The molecule has 0 aromatic carbocycles. The fourth-order valence-electron chi connectivity index (χ4n) is 1.01. The van der Waals surface area contributed by atoms with Crippen LogP contribution < -0.4 is 0 Å². The van der Waals surface area contributed by atoms with Gasteiger partial charge in [-0.05, 0) is 21.0 Å². The zero-order valence-electron chi connectivity index (χ0n) is 8.52. The number of nitrogens with zero attached hydrogens (tertiary/aromatic N) is 1. The Morgan fingerprint density at radius 2 is 2.08 bits per heavy atom. The van der Waals surface area contributed by atoms with Crippen LogP contribution >= 0.6 is 0 Å². The van der Waals surface area contributed by atoms with Gasteiger partial charge < -0.3 is 14.7 Å². The van der Waals surface area contributed by atoms with Gasteiger partial charge in [0.15, 0.2) is 0 Å². The van der Waals surface area contributed by atoms with E-state index in [1.165, 1.54) is 13.2 Å². The number of carbonyl (C=O) groups excluding carboxylic acids is 1. The smallest absolute Gasteiger partial charge is 0.330 e. The van der Waals surface area contributed by atoms with E-state index in [-0.39, 0.29) is 6.04 Å². The number of aliphatic hydroxyl groups excluding tert-OH is 1. The third-order valence-corrected chi connectivity index (χ3v) is 1.72. The van der Waals surface area contributed by atoms with Gasteiger partial charge in [0.1, 0.15) is 0 Å². The van der Waals surface area contributed by atoms with Crippen molar-refractivity contribution in [2.45, 2.75) is 19.1 Å². The maximum Gasteiger partial charge on any atom is 0.330 e. The van der Waals surface area contributed by atoms with E-state index in [1.807, 2.05) is 19.0 Å². The van der Waals surface area contributed by atoms with Crippen LogP contribution in [0.1, 0.15) is 6.92 Å². The number of rotatable bonds is 4. The minimum Gasteiger partial charge on any atom is -0.466 e. The van der Waals surface area contributed by atoms with Crippen molar-refractivity contribution in [3.63, 3.8) is 0 Å². The summed E-state index contributed by atoms with van der Waals surface area (Å²) in [6.07, 6.45) is 2.42. The van der Waals surface area contributed by atoms with E-state index >= 15 is 0 Å². The molecule has 0 rings (SSSR count). The number of likely N-dealkylation sites (N-methyl/N-ethyl adjacent to an activating group) is 1. The van der Waals surface area contributed by atoms with E-state index in [0.717, 1.165) is 0 Å². The highest BCUT2D eigenvalue weighted by Crippen LogP contribution is 2.01. The molecule has 0 aromatic rings. The molecule has 0 unspecified atom stereocenters.